The smallest absolute Gasteiger partial charge is 0.118 e. The lowest BCUT2D eigenvalue weighted by Crippen LogP contribution is -2.40. The maximum atomic E-state index is 11.6. The van der Waals surface area contributed by atoms with E-state index in [9.17, 15) is 5.11 Å². The summed E-state index contributed by atoms with van der Waals surface area (Å²) in [6.45, 7) is 4.99. The lowest BCUT2D eigenvalue weighted by Gasteiger charge is -2.37. The zero-order valence-electron chi connectivity index (χ0n) is 13.4. The van der Waals surface area contributed by atoms with Gasteiger partial charge in [-0.1, -0.05) is 67.1 Å². The average molecular weight is 283 g/mol. The van der Waals surface area contributed by atoms with Crippen molar-refractivity contribution in [3.8, 4) is 0 Å². The van der Waals surface area contributed by atoms with E-state index >= 15 is 0 Å². The zero-order valence-corrected chi connectivity index (χ0v) is 13.4. The van der Waals surface area contributed by atoms with Crippen LogP contribution in [-0.4, -0.2) is 30.6 Å². The first-order valence-electron chi connectivity index (χ1n) is 7.44. The highest BCUT2D eigenvalue weighted by Gasteiger charge is 2.37. The number of nitrogens with zero attached hydrogens (tertiary/aromatic N) is 1. The molecule has 0 aliphatic rings. The van der Waals surface area contributed by atoms with Crippen LogP contribution in [0.3, 0.4) is 0 Å². The summed E-state index contributed by atoms with van der Waals surface area (Å²) in [7, 11) is 4.08. The molecular formula is C19H25NO. The van der Waals surface area contributed by atoms with Gasteiger partial charge in [-0.05, 0) is 32.1 Å². The molecule has 2 heteroatoms. The molecule has 2 aromatic rings. The molecule has 2 rings (SSSR count). The monoisotopic (exact) mass is 283 g/mol. The molecule has 21 heavy (non-hydrogen) atoms. The van der Waals surface area contributed by atoms with Crippen LogP contribution in [0.2, 0.25) is 0 Å². The molecule has 0 bridgehead atoms. The molecule has 0 radical (unpaired) electrons. The molecule has 1 N–H and O–H groups in total. The molecule has 2 aromatic carbocycles. The van der Waals surface area contributed by atoms with Gasteiger partial charge in [0.15, 0.2) is 0 Å². The normalized spacial score (nSPS) is 15.7. The average Bonchev–Trinajstić information content (AvgIpc) is 2.46. The second-order valence-electron chi connectivity index (χ2n) is 6.17. The van der Waals surface area contributed by atoms with Gasteiger partial charge in [-0.2, -0.15) is 0 Å². The molecule has 0 aliphatic carbocycles. The Kier molecular flexibility index (Phi) is 4.81. The molecule has 0 aromatic heterocycles. The summed E-state index contributed by atoms with van der Waals surface area (Å²) in [4.78, 5) is 2.12. The van der Waals surface area contributed by atoms with Gasteiger partial charge in [0.1, 0.15) is 5.60 Å². The topological polar surface area (TPSA) is 23.5 Å². The third-order valence-electron chi connectivity index (χ3n) is 4.02. The molecule has 0 heterocycles. The Labute approximate surface area is 128 Å². The number of hydrogen-bond acceptors (Lipinski definition) is 2. The minimum atomic E-state index is -0.975. The Morgan fingerprint density at radius 1 is 1.00 bits per heavy atom. The zero-order chi connectivity index (χ0) is 15.5. The van der Waals surface area contributed by atoms with Crippen LogP contribution < -0.4 is 0 Å². The van der Waals surface area contributed by atoms with Crippen molar-refractivity contribution >= 4 is 0 Å². The molecule has 2 atom stereocenters. The van der Waals surface area contributed by atoms with Crippen LogP contribution in [0.15, 0.2) is 54.6 Å². The van der Waals surface area contributed by atoms with Crippen molar-refractivity contribution in [2.75, 3.05) is 20.6 Å². The van der Waals surface area contributed by atoms with Gasteiger partial charge in [0.25, 0.3) is 0 Å². The number of rotatable bonds is 5. The van der Waals surface area contributed by atoms with E-state index in [1.54, 1.807) is 0 Å². The van der Waals surface area contributed by atoms with Gasteiger partial charge in [0.05, 0.1) is 0 Å². The summed E-state index contributed by atoms with van der Waals surface area (Å²) in [5, 5.41) is 11.6. The fourth-order valence-corrected chi connectivity index (χ4v) is 2.99. The fraction of sp³-hybridized carbons (Fsp3) is 0.368. The molecule has 112 valence electrons. The van der Waals surface area contributed by atoms with Gasteiger partial charge in [-0.15, -0.1) is 0 Å². The maximum Gasteiger partial charge on any atom is 0.118 e. The number of hydrogen-bond donors (Lipinski definition) is 1. The highest BCUT2D eigenvalue weighted by Crippen LogP contribution is 2.37. The van der Waals surface area contributed by atoms with Crippen molar-refractivity contribution in [2.24, 2.45) is 5.92 Å². The van der Waals surface area contributed by atoms with E-state index in [1.165, 1.54) is 5.56 Å². The van der Waals surface area contributed by atoms with Crippen LogP contribution in [0.4, 0.5) is 0 Å². The third-order valence-corrected chi connectivity index (χ3v) is 4.02. The Balaban J connectivity index is 2.53. The van der Waals surface area contributed by atoms with E-state index in [-0.39, 0.29) is 5.92 Å². The van der Waals surface area contributed by atoms with Crippen molar-refractivity contribution in [1.29, 1.82) is 0 Å². The lowest BCUT2D eigenvalue weighted by atomic mass is 9.76. The first-order chi connectivity index (χ1) is 9.94. The lowest BCUT2D eigenvalue weighted by molar-refractivity contribution is 0.0134. The highest BCUT2D eigenvalue weighted by atomic mass is 16.3. The van der Waals surface area contributed by atoms with E-state index in [2.05, 4.69) is 30.9 Å². The largest absolute Gasteiger partial charge is 0.380 e. The first-order valence-corrected chi connectivity index (χ1v) is 7.44. The number of aliphatic hydroxyl groups is 1. The molecule has 0 spiro atoms. The van der Waals surface area contributed by atoms with Gasteiger partial charge in [0.2, 0.25) is 0 Å². The summed E-state index contributed by atoms with van der Waals surface area (Å²) < 4.78 is 0. The summed E-state index contributed by atoms with van der Waals surface area (Å²) >= 11 is 0. The van der Waals surface area contributed by atoms with Gasteiger partial charge in [0, 0.05) is 12.5 Å². The fourth-order valence-electron chi connectivity index (χ4n) is 2.99. The predicted octanol–water partition coefficient (Wildman–Crippen LogP) is 3.43. The summed E-state index contributed by atoms with van der Waals surface area (Å²) in [5.74, 6) is 0.0803. The quantitative estimate of drug-likeness (QED) is 0.909. The number of benzene rings is 2. The summed E-state index contributed by atoms with van der Waals surface area (Å²) in [6, 6.07) is 18.1. The molecule has 0 amide bonds. The van der Waals surface area contributed by atoms with Crippen LogP contribution in [0.25, 0.3) is 0 Å². The molecule has 0 saturated heterocycles. The van der Waals surface area contributed by atoms with E-state index in [0.717, 1.165) is 17.7 Å². The Hall–Kier alpha value is -1.64. The van der Waals surface area contributed by atoms with Crippen LogP contribution in [0.1, 0.15) is 23.6 Å². The molecule has 0 unspecified atom stereocenters. The maximum absolute atomic E-state index is 11.6. The van der Waals surface area contributed by atoms with E-state index in [0.29, 0.717) is 0 Å². The van der Waals surface area contributed by atoms with Crippen molar-refractivity contribution in [1.82, 2.24) is 4.90 Å². The van der Waals surface area contributed by atoms with Crippen LogP contribution in [0.5, 0.6) is 0 Å². The second-order valence-corrected chi connectivity index (χ2v) is 6.17. The van der Waals surface area contributed by atoms with Crippen LogP contribution >= 0.6 is 0 Å². The summed E-state index contributed by atoms with van der Waals surface area (Å²) in [5.41, 5.74) is 2.10. The van der Waals surface area contributed by atoms with Gasteiger partial charge in [-0.25, -0.2) is 0 Å². The first kappa shape index (κ1) is 15.7. The Morgan fingerprint density at radius 3 is 2.19 bits per heavy atom. The van der Waals surface area contributed by atoms with Crippen LogP contribution in [-0.2, 0) is 5.60 Å². The molecular weight excluding hydrogens is 258 g/mol. The van der Waals surface area contributed by atoms with Gasteiger partial charge < -0.3 is 10.0 Å². The standard InChI is InChI=1S/C19H25NO/c1-15-9-8-12-18(13-15)19(21,16(2)14-20(3)4)17-10-6-5-7-11-17/h5-13,16,21H,14H2,1-4H3/t16-,19+/m1/s1. The SMILES string of the molecule is Cc1cccc([C@@](O)(c2ccccc2)[C@H](C)CN(C)C)c1. The van der Waals surface area contributed by atoms with Crippen molar-refractivity contribution in [2.45, 2.75) is 19.4 Å². The van der Waals surface area contributed by atoms with Crippen LogP contribution in [0, 0.1) is 12.8 Å². The Morgan fingerprint density at radius 2 is 1.62 bits per heavy atom. The minimum absolute atomic E-state index is 0.0803. The van der Waals surface area contributed by atoms with E-state index in [4.69, 9.17) is 0 Å². The van der Waals surface area contributed by atoms with E-state index < -0.39 is 5.60 Å². The van der Waals surface area contributed by atoms with Crippen molar-refractivity contribution < 1.29 is 5.11 Å². The molecule has 0 aliphatic heterocycles. The third kappa shape index (κ3) is 3.34. The minimum Gasteiger partial charge on any atom is -0.380 e. The van der Waals surface area contributed by atoms with Gasteiger partial charge >= 0.3 is 0 Å². The van der Waals surface area contributed by atoms with E-state index in [1.807, 2.05) is 56.6 Å². The van der Waals surface area contributed by atoms with Gasteiger partial charge in [-0.3, -0.25) is 0 Å². The predicted molar refractivity (Wildman–Crippen MR) is 88.3 cm³/mol. The highest BCUT2D eigenvalue weighted by molar-refractivity contribution is 5.38. The van der Waals surface area contributed by atoms with Crippen molar-refractivity contribution in [3.05, 3.63) is 71.3 Å². The molecule has 0 saturated carbocycles. The second kappa shape index (κ2) is 6.42. The molecule has 2 nitrogen and oxygen atoms in total. The molecule has 0 fully saturated rings. The number of aryl methyl sites for hydroxylation is 1. The Bertz CT molecular complexity index is 579. The van der Waals surface area contributed by atoms with Crippen molar-refractivity contribution in [3.63, 3.8) is 0 Å². The summed E-state index contributed by atoms with van der Waals surface area (Å²) in [6.07, 6.45) is 0.